The number of hydrogen-bond acceptors (Lipinski definition) is 4. The summed E-state index contributed by atoms with van der Waals surface area (Å²) in [6, 6.07) is 2.88. The average molecular weight is 314 g/mol. The second-order valence-electron chi connectivity index (χ2n) is 4.91. The Labute approximate surface area is 115 Å². The van der Waals surface area contributed by atoms with Crippen LogP contribution in [0, 0.1) is 12.8 Å². The lowest BCUT2D eigenvalue weighted by molar-refractivity contribution is 0.367. The van der Waals surface area contributed by atoms with E-state index in [1.54, 1.807) is 12.1 Å². The summed E-state index contributed by atoms with van der Waals surface area (Å²) in [5, 5.41) is 0. The zero-order valence-electron chi connectivity index (χ0n) is 9.82. The molecule has 0 amide bonds. The average Bonchev–Trinajstić information content (AvgIpc) is 2.92. The summed E-state index contributed by atoms with van der Waals surface area (Å²) in [6.45, 7) is 3.27. The molecule has 1 aromatic heterocycles. The van der Waals surface area contributed by atoms with Crippen molar-refractivity contribution in [3.63, 3.8) is 0 Å². The fraction of sp³-hybridized carbons (Fsp3) is 0.583. The molecule has 0 aromatic carbocycles. The number of anilines is 1. The molecular formula is C12H16BrN3S. The first-order valence-electron chi connectivity index (χ1n) is 6.04. The molecule has 2 atom stereocenters. The van der Waals surface area contributed by atoms with Crippen molar-refractivity contribution in [2.75, 3.05) is 11.3 Å². The molecule has 92 valence electrons. The van der Waals surface area contributed by atoms with Gasteiger partial charge in [0, 0.05) is 35.4 Å². The molecule has 0 radical (unpaired) electrons. The number of aryl methyl sites for hydroxylation is 1. The Balaban J connectivity index is 1.62. The Morgan fingerprint density at radius 3 is 3.12 bits per heavy atom. The van der Waals surface area contributed by atoms with Gasteiger partial charge in [-0.3, -0.25) is 4.98 Å². The summed E-state index contributed by atoms with van der Waals surface area (Å²) in [7, 11) is 0. The minimum Gasteiger partial charge on any atom is -0.315 e. The molecule has 1 aromatic rings. The number of fused-ring (bicyclic) bond motifs is 2. The third-order valence-electron chi connectivity index (χ3n) is 3.69. The smallest absolute Gasteiger partial charge is 0.0676 e. The quantitative estimate of drug-likeness (QED) is 0.863. The second-order valence-corrected chi connectivity index (χ2v) is 6.68. The van der Waals surface area contributed by atoms with E-state index in [1.807, 2.05) is 13.1 Å². The topological polar surface area (TPSA) is 28.2 Å². The highest BCUT2D eigenvalue weighted by molar-refractivity contribution is 9.10. The van der Waals surface area contributed by atoms with Gasteiger partial charge in [0.25, 0.3) is 0 Å². The number of nitrogens with zero attached hydrogens (tertiary/aromatic N) is 2. The lowest BCUT2D eigenvalue weighted by Gasteiger charge is -2.25. The van der Waals surface area contributed by atoms with E-state index in [2.05, 4.69) is 36.0 Å². The fourth-order valence-corrected chi connectivity index (χ4v) is 4.09. The molecule has 0 spiro atoms. The van der Waals surface area contributed by atoms with E-state index in [4.69, 9.17) is 0 Å². The number of rotatable bonds is 3. The van der Waals surface area contributed by atoms with Crippen molar-refractivity contribution < 1.29 is 0 Å². The molecule has 17 heavy (non-hydrogen) atoms. The summed E-state index contributed by atoms with van der Waals surface area (Å²) in [5.74, 6) is 0.941. The van der Waals surface area contributed by atoms with E-state index in [-0.39, 0.29) is 0 Å². The van der Waals surface area contributed by atoms with Crippen molar-refractivity contribution in [2.45, 2.75) is 32.2 Å². The summed E-state index contributed by atoms with van der Waals surface area (Å²) in [4.78, 5) is 4.33. The van der Waals surface area contributed by atoms with Gasteiger partial charge in [-0.05, 0) is 54.1 Å². The SMILES string of the molecule is Cc1ncc(Br)cc1NSN1CC2CCC1C2. The molecular weight excluding hydrogens is 298 g/mol. The maximum absolute atomic E-state index is 4.33. The zero-order chi connectivity index (χ0) is 11.8. The maximum Gasteiger partial charge on any atom is 0.0676 e. The Morgan fingerprint density at radius 1 is 1.53 bits per heavy atom. The van der Waals surface area contributed by atoms with Crippen molar-refractivity contribution in [3.8, 4) is 0 Å². The molecule has 3 nitrogen and oxygen atoms in total. The third-order valence-corrected chi connectivity index (χ3v) is 5.11. The number of nitrogens with one attached hydrogen (secondary N) is 1. The maximum atomic E-state index is 4.33. The van der Waals surface area contributed by atoms with Crippen LogP contribution in [0.25, 0.3) is 0 Å². The summed E-state index contributed by atoms with van der Waals surface area (Å²) < 4.78 is 6.95. The normalized spacial score (nSPS) is 27.6. The monoisotopic (exact) mass is 313 g/mol. The first-order chi connectivity index (χ1) is 8.22. The molecule has 5 heteroatoms. The van der Waals surface area contributed by atoms with Crippen LogP contribution in [0.1, 0.15) is 25.0 Å². The van der Waals surface area contributed by atoms with Gasteiger partial charge in [0.2, 0.25) is 0 Å². The van der Waals surface area contributed by atoms with Crippen LogP contribution in [0.2, 0.25) is 0 Å². The van der Waals surface area contributed by atoms with E-state index < -0.39 is 0 Å². The van der Waals surface area contributed by atoms with Gasteiger partial charge in [0.15, 0.2) is 0 Å². The largest absolute Gasteiger partial charge is 0.315 e. The molecule has 2 heterocycles. The molecule has 3 rings (SSSR count). The molecule has 2 aliphatic rings. The van der Waals surface area contributed by atoms with E-state index in [0.29, 0.717) is 0 Å². The van der Waals surface area contributed by atoms with Crippen molar-refractivity contribution in [2.24, 2.45) is 5.92 Å². The molecule has 1 aliphatic carbocycles. The van der Waals surface area contributed by atoms with Gasteiger partial charge in [-0.25, -0.2) is 4.31 Å². The molecule has 2 fully saturated rings. The molecule has 1 N–H and O–H groups in total. The van der Waals surface area contributed by atoms with Crippen molar-refractivity contribution in [3.05, 3.63) is 22.4 Å². The van der Waals surface area contributed by atoms with Crippen LogP contribution < -0.4 is 4.72 Å². The van der Waals surface area contributed by atoms with Crippen molar-refractivity contribution in [1.29, 1.82) is 0 Å². The van der Waals surface area contributed by atoms with Crippen LogP contribution >= 0.6 is 28.1 Å². The minimum absolute atomic E-state index is 0.790. The second kappa shape index (κ2) is 4.78. The molecule has 2 unspecified atom stereocenters. The Kier molecular flexibility index (Phi) is 3.32. The van der Waals surface area contributed by atoms with Crippen LogP contribution in [0.5, 0.6) is 0 Å². The highest BCUT2D eigenvalue weighted by Crippen LogP contribution is 2.41. The zero-order valence-corrected chi connectivity index (χ0v) is 12.2. The van der Waals surface area contributed by atoms with Crippen molar-refractivity contribution >= 4 is 33.8 Å². The Bertz CT molecular complexity index is 426. The van der Waals surface area contributed by atoms with Crippen molar-refractivity contribution in [1.82, 2.24) is 9.29 Å². The predicted octanol–water partition coefficient (Wildman–Crippen LogP) is 3.61. The van der Waals surface area contributed by atoms with E-state index in [9.17, 15) is 0 Å². The number of aromatic nitrogens is 1. The van der Waals surface area contributed by atoms with E-state index in [0.717, 1.165) is 27.8 Å². The predicted molar refractivity (Wildman–Crippen MR) is 75.7 cm³/mol. The first kappa shape index (κ1) is 11.8. The molecule has 2 bridgehead atoms. The van der Waals surface area contributed by atoms with E-state index in [1.165, 1.54) is 25.8 Å². The summed E-state index contributed by atoms with van der Waals surface area (Å²) in [5.41, 5.74) is 2.15. The highest BCUT2D eigenvalue weighted by Gasteiger charge is 2.38. The van der Waals surface area contributed by atoms with Gasteiger partial charge < -0.3 is 4.72 Å². The number of pyridine rings is 1. The Hall–Kier alpha value is -0.260. The van der Waals surface area contributed by atoms with Gasteiger partial charge in [-0.15, -0.1) is 0 Å². The Morgan fingerprint density at radius 2 is 2.41 bits per heavy atom. The number of piperidine rings is 1. The summed E-state index contributed by atoms with van der Waals surface area (Å²) in [6.07, 6.45) is 6.03. The van der Waals surface area contributed by atoms with Crippen LogP contribution in [-0.2, 0) is 0 Å². The van der Waals surface area contributed by atoms with Gasteiger partial charge in [0.05, 0.1) is 11.4 Å². The van der Waals surface area contributed by atoms with Gasteiger partial charge in [-0.2, -0.15) is 0 Å². The first-order valence-corrected chi connectivity index (χ1v) is 7.61. The standard InChI is InChI=1S/C12H16BrN3S/c1-8-12(5-10(13)6-14-8)15-17-16-7-9-2-3-11(16)4-9/h5-6,9,11,15H,2-4,7H2,1H3. The van der Waals surface area contributed by atoms with Crippen LogP contribution in [-0.4, -0.2) is 21.9 Å². The molecule has 1 saturated heterocycles. The van der Waals surface area contributed by atoms with Crippen LogP contribution in [0.15, 0.2) is 16.7 Å². The lowest BCUT2D eigenvalue weighted by Crippen LogP contribution is -2.26. The molecule has 1 aliphatic heterocycles. The van der Waals surface area contributed by atoms with Crippen LogP contribution in [0.4, 0.5) is 5.69 Å². The van der Waals surface area contributed by atoms with Crippen LogP contribution in [0.3, 0.4) is 0 Å². The highest BCUT2D eigenvalue weighted by atomic mass is 79.9. The van der Waals surface area contributed by atoms with E-state index >= 15 is 0 Å². The van der Waals surface area contributed by atoms with Gasteiger partial charge in [-0.1, -0.05) is 0 Å². The summed E-state index contributed by atoms with van der Waals surface area (Å²) >= 11 is 5.20. The number of hydrogen-bond donors (Lipinski definition) is 1. The number of halogens is 1. The molecule has 1 saturated carbocycles. The third kappa shape index (κ3) is 2.46. The minimum atomic E-state index is 0.790. The fourth-order valence-electron chi connectivity index (χ4n) is 2.71. The van der Waals surface area contributed by atoms with Gasteiger partial charge in [0.1, 0.15) is 0 Å². The van der Waals surface area contributed by atoms with Gasteiger partial charge >= 0.3 is 0 Å². The lowest BCUT2D eigenvalue weighted by atomic mass is 10.1.